The van der Waals surface area contributed by atoms with Crippen LogP contribution in [-0.2, 0) is 13.6 Å². The van der Waals surface area contributed by atoms with Gasteiger partial charge < -0.3 is 14.8 Å². The van der Waals surface area contributed by atoms with E-state index in [2.05, 4.69) is 36.9 Å². The number of hydrogen-bond acceptors (Lipinski definition) is 5. The van der Waals surface area contributed by atoms with Crippen molar-refractivity contribution in [2.75, 3.05) is 45.8 Å². The van der Waals surface area contributed by atoms with Crippen molar-refractivity contribution >= 4 is 0 Å². The van der Waals surface area contributed by atoms with Crippen LogP contribution in [0.1, 0.15) is 49.7 Å². The largest absolute Gasteiger partial charge is 0.317 e. The normalized spacial score (nSPS) is 33.5. The highest BCUT2D eigenvalue weighted by molar-refractivity contribution is 5.07. The quantitative estimate of drug-likeness (QED) is 0.863. The van der Waals surface area contributed by atoms with Crippen LogP contribution in [0.3, 0.4) is 0 Å². The minimum Gasteiger partial charge on any atom is -0.317 e. The number of rotatable bonds is 5. The number of nitrogens with one attached hydrogen (secondary N) is 1. The summed E-state index contributed by atoms with van der Waals surface area (Å²) in [6.07, 6.45) is 6.55. The van der Waals surface area contributed by atoms with Gasteiger partial charge in [0.25, 0.3) is 0 Å². The van der Waals surface area contributed by atoms with Crippen LogP contribution in [0.25, 0.3) is 0 Å². The molecule has 0 amide bonds. The molecular formula is C20H34N6. The maximum absolute atomic E-state index is 4.61. The van der Waals surface area contributed by atoms with Gasteiger partial charge in [-0.15, -0.1) is 10.2 Å². The SMILES string of the molecule is Cn1c(CN2CCCCC2)nnc1C1CCN(CC2[C@H]3CNC[C@@H]23)CC1. The number of nitrogens with zero attached hydrogens (tertiary/aromatic N) is 5. The maximum Gasteiger partial charge on any atom is 0.146 e. The fourth-order valence-corrected chi connectivity index (χ4v) is 5.68. The lowest BCUT2D eigenvalue weighted by Gasteiger charge is -2.32. The topological polar surface area (TPSA) is 49.2 Å². The van der Waals surface area contributed by atoms with Crippen molar-refractivity contribution in [1.29, 1.82) is 0 Å². The number of hydrogen-bond donors (Lipinski definition) is 1. The molecule has 4 fully saturated rings. The molecule has 1 aromatic heterocycles. The van der Waals surface area contributed by atoms with E-state index in [1.807, 2.05) is 0 Å². The molecule has 26 heavy (non-hydrogen) atoms. The predicted octanol–water partition coefficient (Wildman–Crippen LogP) is 1.45. The Kier molecular flexibility index (Phi) is 4.75. The molecular weight excluding hydrogens is 324 g/mol. The van der Waals surface area contributed by atoms with Crippen LogP contribution in [0, 0.1) is 17.8 Å². The Balaban J connectivity index is 1.14. The average Bonchev–Trinajstić information content (AvgIpc) is 3.01. The van der Waals surface area contributed by atoms with Gasteiger partial charge in [0, 0.05) is 19.5 Å². The van der Waals surface area contributed by atoms with Gasteiger partial charge in [0.2, 0.25) is 0 Å². The van der Waals surface area contributed by atoms with E-state index >= 15 is 0 Å². The van der Waals surface area contributed by atoms with Crippen molar-refractivity contribution in [1.82, 2.24) is 29.9 Å². The molecule has 0 spiro atoms. The number of likely N-dealkylation sites (tertiary alicyclic amines) is 2. The molecule has 5 rings (SSSR count). The molecule has 0 bridgehead atoms. The molecule has 144 valence electrons. The Hall–Kier alpha value is -0.980. The van der Waals surface area contributed by atoms with Gasteiger partial charge in [0.05, 0.1) is 6.54 Å². The van der Waals surface area contributed by atoms with Crippen LogP contribution < -0.4 is 5.32 Å². The van der Waals surface area contributed by atoms with Gasteiger partial charge in [0.15, 0.2) is 0 Å². The summed E-state index contributed by atoms with van der Waals surface area (Å²) < 4.78 is 2.30. The van der Waals surface area contributed by atoms with Crippen LogP contribution in [0.4, 0.5) is 0 Å². The molecule has 1 unspecified atom stereocenters. The molecule has 1 saturated carbocycles. The fourth-order valence-electron chi connectivity index (χ4n) is 5.68. The van der Waals surface area contributed by atoms with Crippen LogP contribution >= 0.6 is 0 Å². The summed E-state index contributed by atoms with van der Waals surface area (Å²) in [4.78, 5) is 5.26. The molecule has 4 heterocycles. The molecule has 3 saturated heterocycles. The van der Waals surface area contributed by atoms with Crippen LogP contribution in [0.15, 0.2) is 0 Å². The van der Waals surface area contributed by atoms with E-state index in [1.54, 1.807) is 0 Å². The first kappa shape index (κ1) is 17.1. The second kappa shape index (κ2) is 7.21. The fraction of sp³-hybridized carbons (Fsp3) is 0.900. The van der Waals surface area contributed by atoms with E-state index in [1.165, 1.54) is 83.7 Å². The predicted molar refractivity (Wildman–Crippen MR) is 102 cm³/mol. The van der Waals surface area contributed by atoms with E-state index in [9.17, 15) is 0 Å². The van der Waals surface area contributed by atoms with Crippen LogP contribution in [0.5, 0.6) is 0 Å². The minimum absolute atomic E-state index is 0.597. The first-order valence-corrected chi connectivity index (χ1v) is 10.8. The van der Waals surface area contributed by atoms with Gasteiger partial charge in [0.1, 0.15) is 11.6 Å². The zero-order valence-electron chi connectivity index (χ0n) is 16.2. The minimum atomic E-state index is 0.597. The number of aromatic nitrogens is 3. The Bertz CT molecular complexity index is 604. The molecule has 1 aromatic rings. The van der Waals surface area contributed by atoms with Crippen molar-refractivity contribution in [3.63, 3.8) is 0 Å². The van der Waals surface area contributed by atoms with Gasteiger partial charge in [-0.25, -0.2) is 0 Å². The molecule has 4 aliphatic rings. The smallest absolute Gasteiger partial charge is 0.146 e. The second-order valence-corrected chi connectivity index (χ2v) is 9.09. The highest BCUT2D eigenvalue weighted by atomic mass is 15.3. The Morgan fingerprint density at radius 3 is 2.38 bits per heavy atom. The van der Waals surface area contributed by atoms with Crippen molar-refractivity contribution in [3.05, 3.63) is 11.6 Å². The summed E-state index contributed by atoms with van der Waals surface area (Å²) >= 11 is 0. The summed E-state index contributed by atoms with van der Waals surface area (Å²) in [5, 5.41) is 12.7. The average molecular weight is 359 g/mol. The summed E-state index contributed by atoms with van der Waals surface area (Å²) in [7, 11) is 2.18. The van der Waals surface area contributed by atoms with E-state index in [4.69, 9.17) is 0 Å². The van der Waals surface area contributed by atoms with Crippen molar-refractivity contribution < 1.29 is 0 Å². The molecule has 3 aliphatic heterocycles. The maximum atomic E-state index is 4.61. The molecule has 0 aromatic carbocycles. The highest BCUT2D eigenvalue weighted by Gasteiger charge is 2.52. The first-order chi connectivity index (χ1) is 12.8. The van der Waals surface area contributed by atoms with E-state index in [0.29, 0.717) is 5.92 Å². The third-order valence-electron chi connectivity index (χ3n) is 7.50. The summed E-state index contributed by atoms with van der Waals surface area (Å²) in [6, 6.07) is 0. The third kappa shape index (κ3) is 3.32. The lowest BCUT2D eigenvalue weighted by Crippen LogP contribution is -2.36. The van der Waals surface area contributed by atoms with Gasteiger partial charge >= 0.3 is 0 Å². The first-order valence-electron chi connectivity index (χ1n) is 10.8. The molecule has 6 heteroatoms. The van der Waals surface area contributed by atoms with Crippen molar-refractivity contribution in [2.24, 2.45) is 24.8 Å². The third-order valence-corrected chi connectivity index (χ3v) is 7.50. The van der Waals surface area contributed by atoms with Crippen LogP contribution in [0.2, 0.25) is 0 Å². The standard InChI is InChI=1S/C20H34N6/c1-24-19(14-25-7-3-2-4-8-25)22-23-20(24)15-5-9-26(10-6-15)13-18-16-11-21-12-17(16)18/h15-18,21H,2-14H2,1H3/t16-,17+,18?. The van der Waals surface area contributed by atoms with E-state index in [0.717, 1.165) is 30.1 Å². The van der Waals surface area contributed by atoms with E-state index in [-0.39, 0.29) is 0 Å². The van der Waals surface area contributed by atoms with E-state index < -0.39 is 0 Å². The second-order valence-electron chi connectivity index (χ2n) is 9.09. The van der Waals surface area contributed by atoms with Gasteiger partial charge in [-0.1, -0.05) is 6.42 Å². The monoisotopic (exact) mass is 358 g/mol. The molecule has 1 aliphatic carbocycles. The summed E-state index contributed by atoms with van der Waals surface area (Å²) in [5.41, 5.74) is 0. The number of piperidine rings is 3. The molecule has 3 atom stereocenters. The Morgan fingerprint density at radius 2 is 1.65 bits per heavy atom. The zero-order chi connectivity index (χ0) is 17.5. The lowest BCUT2D eigenvalue weighted by atomic mass is 9.95. The Morgan fingerprint density at radius 1 is 0.923 bits per heavy atom. The summed E-state index contributed by atoms with van der Waals surface area (Å²) in [5.74, 6) is 5.94. The molecule has 1 N–H and O–H groups in total. The molecule has 6 nitrogen and oxygen atoms in total. The van der Waals surface area contributed by atoms with Gasteiger partial charge in [-0.05, 0) is 82.7 Å². The molecule has 0 radical (unpaired) electrons. The highest BCUT2D eigenvalue weighted by Crippen LogP contribution is 2.49. The summed E-state index contributed by atoms with van der Waals surface area (Å²) in [6.45, 7) is 9.77. The van der Waals surface area contributed by atoms with Crippen molar-refractivity contribution in [3.8, 4) is 0 Å². The lowest BCUT2D eigenvalue weighted by molar-refractivity contribution is 0.192. The van der Waals surface area contributed by atoms with Gasteiger partial charge in [-0.3, -0.25) is 4.90 Å². The van der Waals surface area contributed by atoms with Crippen molar-refractivity contribution in [2.45, 2.75) is 44.6 Å². The Labute approximate surface area is 157 Å². The number of fused-ring (bicyclic) bond motifs is 1. The zero-order valence-corrected chi connectivity index (χ0v) is 16.2. The van der Waals surface area contributed by atoms with Gasteiger partial charge in [-0.2, -0.15) is 0 Å². The van der Waals surface area contributed by atoms with Crippen LogP contribution in [-0.4, -0.2) is 70.4 Å².